The lowest BCUT2D eigenvalue weighted by Crippen LogP contribution is -2.41. The average Bonchev–Trinajstić information content (AvgIpc) is 2.68. The molecule has 0 aliphatic rings. The quantitative estimate of drug-likeness (QED) is 0.868. The van der Waals surface area contributed by atoms with E-state index in [-0.39, 0.29) is 17.6 Å². The van der Waals surface area contributed by atoms with Crippen molar-refractivity contribution in [2.24, 2.45) is 0 Å². The zero-order valence-electron chi connectivity index (χ0n) is 12.3. The first-order valence-electron chi connectivity index (χ1n) is 6.56. The molecule has 4 nitrogen and oxygen atoms in total. The Bertz CT molecular complexity index is 439. The molecule has 19 heavy (non-hydrogen) atoms. The van der Waals surface area contributed by atoms with Crippen LogP contribution in [-0.4, -0.2) is 29.2 Å². The smallest absolute Gasteiger partial charge is 0.268 e. The van der Waals surface area contributed by atoms with Crippen LogP contribution in [0.25, 0.3) is 0 Å². The van der Waals surface area contributed by atoms with E-state index in [9.17, 15) is 4.79 Å². The summed E-state index contributed by atoms with van der Waals surface area (Å²) in [5, 5.41) is 2.93. The predicted molar refractivity (Wildman–Crippen MR) is 80.6 cm³/mol. The number of carbonyl (C=O) groups excluding carboxylic acids is 1. The monoisotopic (exact) mass is 330 g/mol. The number of amides is 1. The van der Waals surface area contributed by atoms with Gasteiger partial charge in [-0.05, 0) is 56.6 Å². The lowest BCUT2D eigenvalue weighted by atomic mass is 10.1. The molecule has 1 amide bonds. The molecule has 0 saturated heterocycles. The minimum atomic E-state index is -0.350. The van der Waals surface area contributed by atoms with Gasteiger partial charge in [0, 0.05) is 29.9 Å². The van der Waals surface area contributed by atoms with Gasteiger partial charge in [0.15, 0.2) is 0 Å². The van der Waals surface area contributed by atoms with Crippen LogP contribution in [-0.2, 0) is 4.74 Å². The van der Waals surface area contributed by atoms with Gasteiger partial charge in [-0.3, -0.25) is 4.79 Å². The van der Waals surface area contributed by atoms with Crippen molar-refractivity contribution < 1.29 is 9.53 Å². The van der Waals surface area contributed by atoms with E-state index >= 15 is 0 Å². The molecule has 1 rings (SSSR count). The van der Waals surface area contributed by atoms with Crippen molar-refractivity contribution in [3.63, 3.8) is 0 Å². The summed E-state index contributed by atoms with van der Waals surface area (Å²) in [4.78, 5) is 12.2. The molecule has 1 heterocycles. The maximum atomic E-state index is 12.2. The molecular weight excluding hydrogens is 308 g/mol. The van der Waals surface area contributed by atoms with Crippen LogP contribution in [0.1, 0.15) is 51.1 Å². The molecule has 1 N–H and O–H groups in total. The molecule has 108 valence electrons. The van der Waals surface area contributed by atoms with E-state index in [0.717, 1.165) is 4.47 Å². The highest BCUT2D eigenvalue weighted by Gasteiger charge is 2.21. The highest BCUT2D eigenvalue weighted by molar-refractivity contribution is 9.10. The molecule has 0 unspecified atom stereocenters. The van der Waals surface area contributed by atoms with Gasteiger partial charge in [-0.1, -0.05) is 0 Å². The summed E-state index contributed by atoms with van der Waals surface area (Å²) in [6.07, 6.45) is 1.92. The van der Waals surface area contributed by atoms with Crippen molar-refractivity contribution in [3.05, 3.63) is 22.4 Å². The molecule has 0 aliphatic carbocycles. The van der Waals surface area contributed by atoms with Gasteiger partial charge in [0.2, 0.25) is 0 Å². The molecule has 0 aliphatic heterocycles. The summed E-state index contributed by atoms with van der Waals surface area (Å²) in [6.45, 7) is 11.1. The maximum absolute atomic E-state index is 12.2. The number of carbonyl (C=O) groups is 1. The van der Waals surface area contributed by atoms with E-state index in [4.69, 9.17) is 4.74 Å². The third-order valence-electron chi connectivity index (χ3n) is 2.81. The Kier molecular flexibility index (Phi) is 5.62. The Morgan fingerprint density at radius 3 is 2.68 bits per heavy atom. The molecular formula is C14H23BrN2O2. The van der Waals surface area contributed by atoms with E-state index in [1.54, 1.807) is 0 Å². The minimum absolute atomic E-state index is 0.0767. The Morgan fingerprint density at radius 2 is 2.16 bits per heavy atom. The topological polar surface area (TPSA) is 43.3 Å². The van der Waals surface area contributed by atoms with Crippen LogP contribution in [0.15, 0.2) is 16.7 Å². The van der Waals surface area contributed by atoms with Crippen LogP contribution in [0, 0.1) is 0 Å². The van der Waals surface area contributed by atoms with Crippen molar-refractivity contribution in [1.82, 2.24) is 9.88 Å². The summed E-state index contributed by atoms with van der Waals surface area (Å²) in [5.41, 5.74) is 0.311. The van der Waals surface area contributed by atoms with Gasteiger partial charge in [0.05, 0.1) is 5.60 Å². The maximum Gasteiger partial charge on any atom is 0.268 e. The Labute approximate surface area is 123 Å². The number of ether oxygens (including phenoxy) is 1. The first kappa shape index (κ1) is 16.2. The molecule has 0 saturated carbocycles. The number of hydrogen-bond acceptors (Lipinski definition) is 2. The van der Waals surface area contributed by atoms with Crippen LogP contribution in [0.4, 0.5) is 0 Å². The Morgan fingerprint density at radius 1 is 1.53 bits per heavy atom. The van der Waals surface area contributed by atoms with E-state index in [1.165, 1.54) is 0 Å². The fourth-order valence-corrected chi connectivity index (χ4v) is 2.32. The van der Waals surface area contributed by atoms with Crippen molar-refractivity contribution in [1.29, 1.82) is 0 Å². The lowest BCUT2D eigenvalue weighted by Gasteiger charge is -2.25. The highest BCUT2D eigenvalue weighted by atomic mass is 79.9. The van der Waals surface area contributed by atoms with Crippen LogP contribution in [0.5, 0.6) is 0 Å². The largest absolute Gasteiger partial charge is 0.374 e. The number of hydrogen-bond donors (Lipinski definition) is 1. The van der Waals surface area contributed by atoms with Gasteiger partial charge in [0.1, 0.15) is 5.69 Å². The highest BCUT2D eigenvalue weighted by Crippen LogP contribution is 2.19. The Hall–Kier alpha value is -0.810. The second-order valence-electron chi connectivity index (χ2n) is 5.42. The third kappa shape index (κ3) is 4.66. The number of halogens is 1. The zero-order valence-corrected chi connectivity index (χ0v) is 13.9. The molecule has 1 aromatic rings. The summed E-state index contributed by atoms with van der Waals surface area (Å²) in [6, 6.07) is 2.08. The number of nitrogens with one attached hydrogen (secondary N) is 1. The van der Waals surface area contributed by atoms with Gasteiger partial charge in [0.25, 0.3) is 5.91 Å². The third-order valence-corrected chi connectivity index (χ3v) is 3.25. The fourth-order valence-electron chi connectivity index (χ4n) is 1.88. The van der Waals surface area contributed by atoms with Crippen molar-refractivity contribution in [2.45, 2.75) is 46.3 Å². The number of aromatic nitrogens is 1. The standard InChI is InChI=1S/C14H23BrN2O2/c1-6-19-14(4,5)9-16-13(18)12-7-11(15)8-17(12)10(2)3/h7-8,10H,6,9H2,1-5H3,(H,16,18). The predicted octanol–water partition coefficient (Wildman–Crippen LogP) is 3.38. The van der Waals surface area contributed by atoms with Gasteiger partial charge >= 0.3 is 0 Å². The molecule has 0 radical (unpaired) electrons. The molecule has 5 heteroatoms. The van der Waals surface area contributed by atoms with Gasteiger partial charge < -0.3 is 14.6 Å². The second kappa shape index (κ2) is 6.57. The number of nitrogens with zero attached hydrogens (tertiary/aromatic N) is 1. The van der Waals surface area contributed by atoms with Gasteiger partial charge in [-0.2, -0.15) is 0 Å². The Balaban J connectivity index is 2.74. The van der Waals surface area contributed by atoms with Crippen molar-refractivity contribution in [2.75, 3.05) is 13.2 Å². The normalized spacial score (nSPS) is 11.9. The second-order valence-corrected chi connectivity index (χ2v) is 6.34. The van der Waals surface area contributed by atoms with Gasteiger partial charge in [-0.15, -0.1) is 0 Å². The van der Waals surface area contributed by atoms with E-state index in [2.05, 4.69) is 21.2 Å². The first-order valence-corrected chi connectivity index (χ1v) is 7.35. The van der Waals surface area contributed by atoms with Crippen LogP contribution < -0.4 is 5.32 Å². The molecule has 0 spiro atoms. The van der Waals surface area contributed by atoms with Crippen LogP contribution >= 0.6 is 15.9 Å². The molecule has 0 fully saturated rings. The summed E-state index contributed by atoms with van der Waals surface area (Å²) < 4.78 is 8.43. The minimum Gasteiger partial charge on any atom is -0.374 e. The van der Waals surface area contributed by atoms with Crippen LogP contribution in [0.2, 0.25) is 0 Å². The molecule has 0 aromatic carbocycles. The van der Waals surface area contributed by atoms with E-state index in [0.29, 0.717) is 18.8 Å². The van der Waals surface area contributed by atoms with Crippen molar-refractivity contribution in [3.8, 4) is 0 Å². The molecule has 1 aromatic heterocycles. The van der Waals surface area contributed by atoms with Crippen molar-refractivity contribution >= 4 is 21.8 Å². The summed E-state index contributed by atoms with van der Waals surface area (Å²) in [5.74, 6) is -0.0767. The van der Waals surface area contributed by atoms with Crippen LogP contribution in [0.3, 0.4) is 0 Å². The summed E-state index contributed by atoms with van der Waals surface area (Å²) in [7, 11) is 0. The number of rotatable bonds is 6. The van der Waals surface area contributed by atoms with E-state index < -0.39 is 0 Å². The van der Waals surface area contributed by atoms with E-state index in [1.807, 2.05) is 51.4 Å². The molecule has 0 atom stereocenters. The summed E-state index contributed by atoms with van der Waals surface area (Å²) >= 11 is 3.41. The fraction of sp³-hybridized carbons (Fsp3) is 0.643. The van der Waals surface area contributed by atoms with Gasteiger partial charge in [-0.25, -0.2) is 0 Å². The zero-order chi connectivity index (χ0) is 14.6. The first-order chi connectivity index (χ1) is 8.76. The SMILES string of the molecule is CCOC(C)(C)CNC(=O)c1cc(Br)cn1C(C)C. The molecule has 0 bridgehead atoms. The average molecular weight is 331 g/mol. The lowest BCUT2D eigenvalue weighted by molar-refractivity contribution is -0.00821.